The SMILES string of the molecule is CCc1c(C)nn(Cc2cc(C)c(CNC)o2)c1C. The van der Waals surface area contributed by atoms with E-state index in [2.05, 4.69) is 44.2 Å². The second-order valence-corrected chi connectivity index (χ2v) is 5.01. The molecule has 1 N–H and O–H groups in total. The highest BCUT2D eigenvalue weighted by atomic mass is 16.3. The summed E-state index contributed by atoms with van der Waals surface area (Å²) in [5.41, 5.74) is 4.91. The van der Waals surface area contributed by atoms with Crippen LogP contribution < -0.4 is 5.32 Å². The summed E-state index contributed by atoms with van der Waals surface area (Å²) in [6.07, 6.45) is 1.03. The summed E-state index contributed by atoms with van der Waals surface area (Å²) in [5, 5.41) is 7.72. The van der Waals surface area contributed by atoms with Crippen molar-refractivity contribution in [2.45, 2.75) is 47.2 Å². The van der Waals surface area contributed by atoms with Gasteiger partial charge in [0.1, 0.15) is 11.5 Å². The van der Waals surface area contributed by atoms with E-state index in [4.69, 9.17) is 4.42 Å². The minimum Gasteiger partial charge on any atom is -0.462 e. The van der Waals surface area contributed by atoms with Gasteiger partial charge in [-0.05, 0) is 51.4 Å². The first-order valence-corrected chi connectivity index (χ1v) is 6.82. The smallest absolute Gasteiger partial charge is 0.126 e. The Morgan fingerprint density at radius 3 is 2.63 bits per heavy atom. The molecule has 0 saturated heterocycles. The lowest BCUT2D eigenvalue weighted by atomic mass is 10.1. The van der Waals surface area contributed by atoms with Crippen LogP contribution in [0.1, 0.15) is 41.0 Å². The van der Waals surface area contributed by atoms with Crippen molar-refractivity contribution in [1.29, 1.82) is 0 Å². The Morgan fingerprint density at radius 2 is 2.05 bits per heavy atom. The lowest BCUT2D eigenvalue weighted by molar-refractivity contribution is 0.432. The van der Waals surface area contributed by atoms with Crippen LogP contribution in [0.25, 0.3) is 0 Å². The van der Waals surface area contributed by atoms with E-state index in [9.17, 15) is 0 Å². The van der Waals surface area contributed by atoms with Gasteiger partial charge < -0.3 is 9.73 Å². The Kier molecular flexibility index (Phi) is 4.10. The molecule has 2 rings (SSSR count). The molecule has 0 aromatic carbocycles. The molecule has 2 aromatic rings. The Hall–Kier alpha value is -1.55. The van der Waals surface area contributed by atoms with Gasteiger partial charge in [0.2, 0.25) is 0 Å². The van der Waals surface area contributed by atoms with Crippen molar-refractivity contribution in [3.8, 4) is 0 Å². The van der Waals surface area contributed by atoms with Gasteiger partial charge in [-0.2, -0.15) is 5.10 Å². The summed E-state index contributed by atoms with van der Waals surface area (Å²) < 4.78 is 7.91. The summed E-state index contributed by atoms with van der Waals surface area (Å²) >= 11 is 0. The minimum atomic E-state index is 0.706. The Morgan fingerprint density at radius 1 is 1.32 bits per heavy atom. The Labute approximate surface area is 114 Å². The molecule has 2 aromatic heterocycles. The van der Waals surface area contributed by atoms with E-state index in [1.165, 1.54) is 16.8 Å². The van der Waals surface area contributed by atoms with Gasteiger partial charge in [-0.1, -0.05) is 6.92 Å². The average molecular weight is 261 g/mol. The molecule has 0 spiro atoms. The minimum absolute atomic E-state index is 0.706. The van der Waals surface area contributed by atoms with Crippen molar-refractivity contribution >= 4 is 0 Å². The third-order valence-corrected chi connectivity index (χ3v) is 3.60. The Balaban J connectivity index is 2.24. The highest BCUT2D eigenvalue weighted by Gasteiger charge is 2.12. The summed E-state index contributed by atoms with van der Waals surface area (Å²) in [7, 11) is 1.93. The van der Waals surface area contributed by atoms with Crippen molar-refractivity contribution < 1.29 is 4.42 Å². The van der Waals surface area contributed by atoms with Crippen molar-refractivity contribution in [2.75, 3.05) is 7.05 Å². The van der Waals surface area contributed by atoms with Crippen LogP contribution in [0.4, 0.5) is 0 Å². The van der Waals surface area contributed by atoms with Crippen molar-refractivity contribution in [3.63, 3.8) is 0 Å². The zero-order valence-electron chi connectivity index (χ0n) is 12.5. The van der Waals surface area contributed by atoms with Crippen molar-refractivity contribution in [2.24, 2.45) is 0 Å². The van der Waals surface area contributed by atoms with E-state index in [1.54, 1.807) is 0 Å². The fourth-order valence-electron chi connectivity index (χ4n) is 2.55. The molecule has 2 heterocycles. The molecule has 0 bridgehead atoms. The van der Waals surface area contributed by atoms with Gasteiger partial charge in [-0.25, -0.2) is 0 Å². The summed E-state index contributed by atoms with van der Waals surface area (Å²) in [6.45, 7) is 9.92. The number of furan rings is 1. The van der Waals surface area contributed by atoms with Gasteiger partial charge in [-0.3, -0.25) is 4.68 Å². The number of nitrogens with one attached hydrogen (secondary N) is 1. The fourth-order valence-corrected chi connectivity index (χ4v) is 2.55. The van der Waals surface area contributed by atoms with Gasteiger partial charge in [-0.15, -0.1) is 0 Å². The first-order valence-electron chi connectivity index (χ1n) is 6.82. The average Bonchev–Trinajstić information content (AvgIpc) is 2.82. The largest absolute Gasteiger partial charge is 0.462 e. The molecule has 19 heavy (non-hydrogen) atoms. The van der Waals surface area contributed by atoms with Gasteiger partial charge in [0.25, 0.3) is 0 Å². The highest BCUT2D eigenvalue weighted by Crippen LogP contribution is 2.18. The number of hydrogen-bond acceptors (Lipinski definition) is 3. The molecule has 0 aliphatic heterocycles. The molecule has 0 aliphatic carbocycles. The first-order chi connectivity index (χ1) is 9.06. The number of aryl methyl sites for hydroxylation is 2. The number of rotatable bonds is 5. The van der Waals surface area contributed by atoms with Crippen LogP contribution in [0.2, 0.25) is 0 Å². The zero-order valence-corrected chi connectivity index (χ0v) is 12.5. The van der Waals surface area contributed by atoms with Crippen LogP contribution >= 0.6 is 0 Å². The quantitative estimate of drug-likeness (QED) is 0.900. The van der Waals surface area contributed by atoms with Crippen LogP contribution in [-0.2, 0) is 19.5 Å². The van der Waals surface area contributed by atoms with Gasteiger partial charge in [0, 0.05) is 5.69 Å². The molecular formula is C15H23N3O. The van der Waals surface area contributed by atoms with Gasteiger partial charge in [0.15, 0.2) is 0 Å². The normalized spacial score (nSPS) is 11.2. The maximum atomic E-state index is 5.87. The van der Waals surface area contributed by atoms with E-state index in [0.29, 0.717) is 6.54 Å². The van der Waals surface area contributed by atoms with Crippen LogP contribution in [0.3, 0.4) is 0 Å². The van der Waals surface area contributed by atoms with Crippen LogP contribution in [0.15, 0.2) is 10.5 Å². The molecule has 0 amide bonds. The summed E-state index contributed by atoms with van der Waals surface area (Å²) in [4.78, 5) is 0. The van der Waals surface area contributed by atoms with E-state index in [1.807, 2.05) is 11.7 Å². The van der Waals surface area contributed by atoms with Gasteiger partial charge in [0.05, 0.1) is 18.8 Å². The molecular weight excluding hydrogens is 238 g/mol. The first kappa shape index (κ1) is 13.9. The second kappa shape index (κ2) is 5.61. The molecule has 0 radical (unpaired) electrons. The predicted molar refractivity (Wildman–Crippen MR) is 76.4 cm³/mol. The third kappa shape index (κ3) is 2.73. The zero-order chi connectivity index (χ0) is 14.0. The predicted octanol–water partition coefficient (Wildman–Crippen LogP) is 2.73. The molecule has 0 saturated carbocycles. The van der Waals surface area contributed by atoms with E-state index in [0.717, 1.165) is 30.2 Å². The molecule has 4 nitrogen and oxygen atoms in total. The topological polar surface area (TPSA) is 43.0 Å². The number of hydrogen-bond donors (Lipinski definition) is 1. The maximum absolute atomic E-state index is 5.87. The highest BCUT2D eigenvalue weighted by molar-refractivity contribution is 5.26. The Bertz CT molecular complexity index is 566. The molecule has 0 aliphatic rings. The molecule has 0 fully saturated rings. The number of aromatic nitrogens is 2. The molecule has 0 atom stereocenters. The maximum Gasteiger partial charge on any atom is 0.126 e. The summed E-state index contributed by atoms with van der Waals surface area (Å²) in [6, 6.07) is 2.11. The second-order valence-electron chi connectivity index (χ2n) is 5.01. The summed E-state index contributed by atoms with van der Waals surface area (Å²) in [5.74, 6) is 1.98. The van der Waals surface area contributed by atoms with E-state index in [-0.39, 0.29) is 0 Å². The molecule has 4 heteroatoms. The van der Waals surface area contributed by atoms with E-state index >= 15 is 0 Å². The lowest BCUT2D eigenvalue weighted by Gasteiger charge is -2.02. The lowest BCUT2D eigenvalue weighted by Crippen LogP contribution is -2.05. The van der Waals surface area contributed by atoms with Crippen LogP contribution in [0, 0.1) is 20.8 Å². The molecule has 104 valence electrons. The van der Waals surface area contributed by atoms with E-state index < -0.39 is 0 Å². The standard InChI is InChI=1S/C15H23N3O/c1-6-14-11(3)17-18(12(14)4)9-13-7-10(2)15(19-13)8-16-5/h7,16H,6,8-9H2,1-5H3. The monoisotopic (exact) mass is 261 g/mol. The fraction of sp³-hybridized carbons (Fsp3) is 0.533. The van der Waals surface area contributed by atoms with Crippen LogP contribution in [0.5, 0.6) is 0 Å². The van der Waals surface area contributed by atoms with Crippen LogP contribution in [-0.4, -0.2) is 16.8 Å². The van der Waals surface area contributed by atoms with Crippen molar-refractivity contribution in [1.82, 2.24) is 15.1 Å². The van der Waals surface area contributed by atoms with Crippen molar-refractivity contribution in [3.05, 3.63) is 40.1 Å². The number of nitrogens with zero attached hydrogens (tertiary/aromatic N) is 2. The third-order valence-electron chi connectivity index (χ3n) is 3.60. The van der Waals surface area contributed by atoms with Gasteiger partial charge >= 0.3 is 0 Å². The molecule has 0 unspecified atom stereocenters.